The molecular weight excluding hydrogens is 246 g/mol. The van der Waals surface area contributed by atoms with Gasteiger partial charge in [-0.1, -0.05) is 36.4 Å². The standard InChI is InChI=1S/C17H13N3/c1-2-6-15-13(5-1)9-10-14(19-15)11-20-12-18-16-7-3-4-8-17(16)20/h1-10,12H,11H2. The number of benzene rings is 2. The molecule has 0 saturated carbocycles. The number of fused-ring (bicyclic) bond motifs is 2. The molecule has 0 fully saturated rings. The molecule has 0 radical (unpaired) electrons. The minimum Gasteiger partial charge on any atom is -0.324 e. The maximum Gasteiger partial charge on any atom is 0.0962 e. The van der Waals surface area contributed by atoms with Gasteiger partial charge in [-0.3, -0.25) is 4.98 Å². The molecule has 3 nitrogen and oxygen atoms in total. The number of hydrogen-bond donors (Lipinski definition) is 0. The van der Waals surface area contributed by atoms with E-state index in [-0.39, 0.29) is 0 Å². The van der Waals surface area contributed by atoms with Crippen molar-refractivity contribution in [3.63, 3.8) is 0 Å². The van der Waals surface area contributed by atoms with Gasteiger partial charge in [-0.2, -0.15) is 0 Å². The van der Waals surface area contributed by atoms with Crippen LogP contribution in [0.15, 0.2) is 67.0 Å². The average molecular weight is 259 g/mol. The van der Waals surface area contributed by atoms with Crippen molar-refractivity contribution in [2.45, 2.75) is 6.54 Å². The third kappa shape index (κ3) is 1.84. The molecule has 0 bridgehead atoms. The monoisotopic (exact) mass is 259 g/mol. The first-order chi connectivity index (χ1) is 9.90. The molecule has 0 aliphatic heterocycles. The molecule has 0 aliphatic rings. The SMILES string of the molecule is c1ccc2nc(Cn3cnc4ccccc43)ccc2c1. The van der Waals surface area contributed by atoms with E-state index in [2.05, 4.69) is 33.8 Å². The zero-order valence-electron chi connectivity index (χ0n) is 10.9. The highest BCUT2D eigenvalue weighted by Crippen LogP contribution is 2.16. The summed E-state index contributed by atoms with van der Waals surface area (Å²) >= 11 is 0. The highest BCUT2D eigenvalue weighted by atomic mass is 15.0. The summed E-state index contributed by atoms with van der Waals surface area (Å²) in [5.41, 5.74) is 4.25. The van der Waals surface area contributed by atoms with E-state index in [0.29, 0.717) is 0 Å². The number of rotatable bonds is 2. The van der Waals surface area contributed by atoms with Crippen molar-refractivity contribution in [1.82, 2.24) is 14.5 Å². The van der Waals surface area contributed by atoms with Gasteiger partial charge >= 0.3 is 0 Å². The molecule has 0 atom stereocenters. The Morgan fingerprint density at radius 1 is 0.800 bits per heavy atom. The largest absolute Gasteiger partial charge is 0.324 e. The summed E-state index contributed by atoms with van der Waals surface area (Å²) in [5.74, 6) is 0. The predicted octanol–water partition coefficient (Wildman–Crippen LogP) is 3.63. The fraction of sp³-hybridized carbons (Fsp3) is 0.0588. The average Bonchev–Trinajstić information content (AvgIpc) is 2.91. The molecule has 4 aromatic rings. The summed E-state index contributed by atoms with van der Waals surface area (Å²) in [7, 11) is 0. The Bertz CT molecular complexity index is 893. The van der Waals surface area contributed by atoms with Gasteiger partial charge < -0.3 is 4.57 Å². The molecule has 0 saturated heterocycles. The molecule has 3 heteroatoms. The zero-order chi connectivity index (χ0) is 13.4. The zero-order valence-corrected chi connectivity index (χ0v) is 10.9. The van der Waals surface area contributed by atoms with Gasteiger partial charge in [-0.25, -0.2) is 4.98 Å². The van der Waals surface area contributed by atoms with Crippen molar-refractivity contribution < 1.29 is 0 Å². The van der Waals surface area contributed by atoms with Gasteiger partial charge in [0, 0.05) is 5.39 Å². The van der Waals surface area contributed by atoms with Crippen LogP contribution in [0.4, 0.5) is 0 Å². The lowest BCUT2D eigenvalue weighted by Crippen LogP contribution is -2.00. The van der Waals surface area contributed by atoms with Crippen molar-refractivity contribution in [3.8, 4) is 0 Å². The summed E-state index contributed by atoms with van der Waals surface area (Å²) in [4.78, 5) is 9.12. The molecule has 20 heavy (non-hydrogen) atoms. The summed E-state index contributed by atoms with van der Waals surface area (Å²) < 4.78 is 2.13. The third-order valence-electron chi connectivity index (χ3n) is 3.52. The van der Waals surface area contributed by atoms with Crippen LogP contribution in [0.1, 0.15) is 5.69 Å². The smallest absolute Gasteiger partial charge is 0.0962 e. The second-order valence-corrected chi connectivity index (χ2v) is 4.86. The van der Waals surface area contributed by atoms with Crippen LogP contribution in [0, 0.1) is 0 Å². The molecule has 0 unspecified atom stereocenters. The van der Waals surface area contributed by atoms with Gasteiger partial charge in [0.15, 0.2) is 0 Å². The molecule has 2 aromatic heterocycles. The van der Waals surface area contributed by atoms with Crippen molar-refractivity contribution in [3.05, 3.63) is 72.7 Å². The van der Waals surface area contributed by atoms with Crippen LogP contribution in [-0.4, -0.2) is 14.5 Å². The van der Waals surface area contributed by atoms with Crippen LogP contribution >= 0.6 is 0 Å². The first-order valence-electron chi connectivity index (χ1n) is 6.65. The number of para-hydroxylation sites is 3. The van der Waals surface area contributed by atoms with E-state index in [4.69, 9.17) is 4.98 Å². The van der Waals surface area contributed by atoms with Gasteiger partial charge in [0.25, 0.3) is 0 Å². The van der Waals surface area contributed by atoms with E-state index < -0.39 is 0 Å². The van der Waals surface area contributed by atoms with Gasteiger partial charge in [0.05, 0.1) is 35.1 Å². The Labute approximate surface area is 116 Å². The quantitative estimate of drug-likeness (QED) is 0.550. The van der Waals surface area contributed by atoms with Crippen molar-refractivity contribution in [2.75, 3.05) is 0 Å². The topological polar surface area (TPSA) is 30.7 Å². The predicted molar refractivity (Wildman–Crippen MR) is 80.6 cm³/mol. The lowest BCUT2D eigenvalue weighted by molar-refractivity contribution is 0.802. The van der Waals surface area contributed by atoms with Crippen molar-refractivity contribution in [1.29, 1.82) is 0 Å². The summed E-state index contributed by atoms with van der Waals surface area (Å²) in [5, 5.41) is 1.17. The Kier molecular flexibility index (Phi) is 2.49. The van der Waals surface area contributed by atoms with Crippen LogP contribution in [0.5, 0.6) is 0 Å². The molecule has 2 heterocycles. The van der Waals surface area contributed by atoms with E-state index in [0.717, 1.165) is 28.8 Å². The van der Waals surface area contributed by atoms with E-state index >= 15 is 0 Å². The second kappa shape index (κ2) is 4.46. The van der Waals surface area contributed by atoms with Gasteiger partial charge in [0.1, 0.15) is 0 Å². The second-order valence-electron chi connectivity index (χ2n) is 4.86. The van der Waals surface area contributed by atoms with Gasteiger partial charge in [-0.05, 0) is 24.3 Å². The van der Waals surface area contributed by atoms with E-state index in [1.807, 2.05) is 42.7 Å². The third-order valence-corrected chi connectivity index (χ3v) is 3.52. The summed E-state index contributed by atoms with van der Waals surface area (Å²) in [6.07, 6.45) is 1.88. The fourth-order valence-electron chi connectivity index (χ4n) is 2.51. The summed E-state index contributed by atoms with van der Waals surface area (Å²) in [6.45, 7) is 0.741. The molecule has 0 amide bonds. The normalized spacial score (nSPS) is 11.2. The number of imidazole rings is 1. The minimum atomic E-state index is 0.741. The molecule has 2 aromatic carbocycles. The van der Waals surface area contributed by atoms with Crippen molar-refractivity contribution in [2.24, 2.45) is 0 Å². The molecule has 0 N–H and O–H groups in total. The molecular formula is C17H13N3. The fourth-order valence-corrected chi connectivity index (χ4v) is 2.51. The Morgan fingerprint density at radius 2 is 1.60 bits per heavy atom. The number of aromatic nitrogens is 3. The first-order valence-corrected chi connectivity index (χ1v) is 6.65. The molecule has 0 aliphatic carbocycles. The maximum atomic E-state index is 4.71. The van der Waals surface area contributed by atoms with Gasteiger partial charge in [-0.15, -0.1) is 0 Å². The van der Waals surface area contributed by atoms with Crippen LogP contribution < -0.4 is 0 Å². The van der Waals surface area contributed by atoms with E-state index in [1.165, 1.54) is 5.39 Å². The highest BCUT2D eigenvalue weighted by Gasteiger charge is 2.03. The number of pyridine rings is 1. The maximum absolute atomic E-state index is 4.71. The van der Waals surface area contributed by atoms with Gasteiger partial charge in [0.2, 0.25) is 0 Å². The summed E-state index contributed by atoms with van der Waals surface area (Å²) in [6, 6.07) is 20.5. The highest BCUT2D eigenvalue weighted by molar-refractivity contribution is 5.78. The first kappa shape index (κ1) is 11.2. The van der Waals surface area contributed by atoms with Crippen LogP contribution in [-0.2, 0) is 6.54 Å². The van der Waals surface area contributed by atoms with E-state index in [9.17, 15) is 0 Å². The Balaban J connectivity index is 1.76. The Hall–Kier alpha value is -2.68. The molecule has 0 spiro atoms. The van der Waals surface area contributed by atoms with Crippen LogP contribution in [0.2, 0.25) is 0 Å². The Morgan fingerprint density at radius 3 is 2.55 bits per heavy atom. The number of hydrogen-bond acceptors (Lipinski definition) is 2. The molecule has 96 valence electrons. The lowest BCUT2D eigenvalue weighted by Gasteiger charge is -2.05. The van der Waals surface area contributed by atoms with Crippen molar-refractivity contribution >= 4 is 21.9 Å². The van der Waals surface area contributed by atoms with Crippen LogP contribution in [0.25, 0.3) is 21.9 Å². The lowest BCUT2D eigenvalue weighted by atomic mass is 10.2. The van der Waals surface area contributed by atoms with E-state index in [1.54, 1.807) is 0 Å². The minimum absolute atomic E-state index is 0.741. The van der Waals surface area contributed by atoms with Crippen LogP contribution in [0.3, 0.4) is 0 Å². The number of nitrogens with zero attached hydrogens (tertiary/aromatic N) is 3. The molecule has 4 rings (SSSR count).